The van der Waals surface area contributed by atoms with Crippen LogP contribution in [-0.4, -0.2) is 14.5 Å². The summed E-state index contributed by atoms with van der Waals surface area (Å²) in [4.78, 5) is 8.68. The van der Waals surface area contributed by atoms with Crippen molar-refractivity contribution in [1.82, 2.24) is 14.5 Å². The molecule has 4 nitrogen and oxygen atoms in total. The lowest BCUT2D eigenvalue weighted by Gasteiger charge is -1.99. The molecule has 2 N–H and O–H groups in total. The summed E-state index contributed by atoms with van der Waals surface area (Å²) in [6.07, 6.45) is 0.598. The van der Waals surface area contributed by atoms with E-state index in [1.54, 1.807) is 6.07 Å². The highest BCUT2D eigenvalue weighted by atomic mass is 32.1. The monoisotopic (exact) mass is 262 g/mol. The van der Waals surface area contributed by atoms with Crippen molar-refractivity contribution in [1.29, 1.82) is 0 Å². The summed E-state index contributed by atoms with van der Waals surface area (Å²) in [6.45, 7) is 0. The first kappa shape index (κ1) is 11.2. The van der Waals surface area contributed by atoms with Crippen LogP contribution in [0.5, 0.6) is 0 Å². The number of nitrogens with zero attached hydrogens (tertiary/aromatic N) is 3. The van der Waals surface area contributed by atoms with E-state index in [4.69, 9.17) is 5.73 Å². The van der Waals surface area contributed by atoms with Gasteiger partial charge in [-0.3, -0.25) is 0 Å². The first-order valence-corrected chi connectivity index (χ1v) is 6.32. The van der Waals surface area contributed by atoms with Crippen LogP contribution in [0.4, 0.5) is 9.52 Å². The standard InChI is InChI=1S/C12H11FN4S/c1-17-10-4-7(13)2-3-9(10)16-11(17)5-8-6-18-12(14)15-8/h2-4,6H,5H2,1H3,(H2,14,15). The van der Waals surface area contributed by atoms with Gasteiger partial charge in [-0.25, -0.2) is 14.4 Å². The third-order valence-electron chi connectivity index (χ3n) is 2.84. The second kappa shape index (κ2) is 4.06. The highest BCUT2D eigenvalue weighted by molar-refractivity contribution is 7.13. The normalized spacial score (nSPS) is 11.2. The van der Waals surface area contributed by atoms with E-state index in [2.05, 4.69) is 9.97 Å². The molecule has 92 valence electrons. The van der Waals surface area contributed by atoms with Gasteiger partial charge in [0.1, 0.15) is 11.6 Å². The number of fused-ring (bicyclic) bond motifs is 1. The van der Waals surface area contributed by atoms with E-state index in [-0.39, 0.29) is 5.82 Å². The van der Waals surface area contributed by atoms with Crippen LogP contribution in [0.2, 0.25) is 0 Å². The number of imidazole rings is 1. The Balaban J connectivity index is 2.04. The molecular formula is C12H11FN4S. The average molecular weight is 262 g/mol. The summed E-state index contributed by atoms with van der Waals surface area (Å²) in [5.74, 6) is 0.593. The molecule has 6 heteroatoms. The molecule has 0 amide bonds. The Hall–Kier alpha value is -1.95. The van der Waals surface area contributed by atoms with E-state index in [9.17, 15) is 4.39 Å². The van der Waals surface area contributed by atoms with Crippen LogP contribution in [0.3, 0.4) is 0 Å². The second-order valence-electron chi connectivity index (χ2n) is 4.07. The van der Waals surface area contributed by atoms with Gasteiger partial charge < -0.3 is 10.3 Å². The van der Waals surface area contributed by atoms with Gasteiger partial charge in [0.15, 0.2) is 5.13 Å². The van der Waals surface area contributed by atoms with Crippen LogP contribution in [0.1, 0.15) is 11.5 Å². The summed E-state index contributed by atoms with van der Waals surface area (Å²) in [5, 5.41) is 2.46. The van der Waals surface area contributed by atoms with Gasteiger partial charge in [0, 0.05) is 18.8 Å². The van der Waals surface area contributed by atoms with Crippen LogP contribution in [0, 0.1) is 5.82 Å². The third-order valence-corrected chi connectivity index (χ3v) is 3.57. The van der Waals surface area contributed by atoms with Gasteiger partial charge in [-0.05, 0) is 18.2 Å². The average Bonchev–Trinajstić information content (AvgIpc) is 2.86. The maximum Gasteiger partial charge on any atom is 0.180 e. The Morgan fingerprint density at radius 3 is 2.94 bits per heavy atom. The lowest BCUT2D eigenvalue weighted by atomic mass is 10.3. The van der Waals surface area contributed by atoms with Gasteiger partial charge in [-0.1, -0.05) is 0 Å². The van der Waals surface area contributed by atoms with Crippen molar-refractivity contribution < 1.29 is 4.39 Å². The molecule has 18 heavy (non-hydrogen) atoms. The Morgan fingerprint density at radius 1 is 1.39 bits per heavy atom. The van der Waals surface area contributed by atoms with Crippen molar-refractivity contribution >= 4 is 27.5 Å². The fraction of sp³-hybridized carbons (Fsp3) is 0.167. The number of aromatic nitrogens is 3. The quantitative estimate of drug-likeness (QED) is 0.771. The van der Waals surface area contributed by atoms with E-state index in [0.717, 1.165) is 22.6 Å². The van der Waals surface area contributed by atoms with Crippen LogP contribution < -0.4 is 5.73 Å². The van der Waals surface area contributed by atoms with Gasteiger partial charge in [-0.15, -0.1) is 11.3 Å². The predicted molar refractivity (Wildman–Crippen MR) is 70.0 cm³/mol. The van der Waals surface area contributed by atoms with Crippen molar-refractivity contribution in [2.75, 3.05) is 5.73 Å². The van der Waals surface area contributed by atoms with Crippen molar-refractivity contribution in [3.05, 3.63) is 40.9 Å². The number of halogens is 1. The smallest absolute Gasteiger partial charge is 0.180 e. The SMILES string of the molecule is Cn1c(Cc2csc(N)n2)nc2ccc(F)cc21. The fourth-order valence-corrected chi connectivity index (χ4v) is 2.50. The summed E-state index contributed by atoms with van der Waals surface area (Å²) in [7, 11) is 1.87. The molecule has 0 bridgehead atoms. The van der Waals surface area contributed by atoms with Crippen LogP contribution >= 0.6 is 11.3 Å². The topological polar surface area (TPSA) is 56.7 Å². The van der Waals surface area contributed by atoms with Crippen molar-refractivity contribution in [2.45, 2.75) is 6.42 Å². The molecule has 0 aliphatic heterocycles. The number of nitrogens with two attached hydrogens (primary N) is 1. The highest BCUT2D eigenvalue weighted by Gasteiger charge is 2.10. The highest BCUT2D eigenvalue weighted by Crippen LogP contribution is 2.19. The lowest BCUT2D eigenvalue weighted by molar-refractivity contribution is 0.628. The minimum absolute atomic E-state index is 0.255. The molecule has 0 saturated carbocycles. The number of thiazole rings is 1. The van der Waals surface area contributed by atoms with Crippen LogP contribution in [-0.2, 0) is 13.5 Å². The maximum atomic E-state index is 13.2. The van der Waals surface area contributed by atoms with Gasteiger partial charge in [0.25, 0.3) is 0 Å². The van der Waals surface area contributed by atoms with Crippen LogP contribution in [0.15, 0.2) is 23.6 Å². The minimum atomic E-state index is -0.255. The largest absolute Gasteiger partial charge is 0.375 e. The summed E-state index contributed by atoms with van der Waals surface area (Å²) in [6, 6.07) is 4.59. The maximum absolute atomic E-state index is 13.2. The zero-order valence-electron chi connectivity index (χ0n) is 9.72. The Bertz CT molecular complexity index is 716. The number of rotatable bonds is 2. The second-order valence-corrected chi connectivity index (χ2v) is 4.96. The Morgan fingerprint density at radius 2 is 2.22 bits per heavy atom. The molecule has 0 atom stereocenters. The van der Waals surface area contributed by atoms with Gasteiger partial charge in [0.2, 0.25) is 0 Å². The number of hydrogen-bond acceptors (Lipinski definition) is 4. The molecule has 0 aliphatic carbocycles. The molecule has 0 aliphatic rings. The molecule has 0 unspecified atom stereocenters. The van der Waals surface area contributed by atoms with Gasteiger partial charge in [0.05, 0.1) is 16.7 Å². The minimum Gasteiger partial charge on any atom is -0.375 e. The molecule has 3 aromatic rings. The molecule has 3 rings (SSSR count). The summed E-state index contributed by atoms with van der Waals surface area (Å²) >= 11 is 1.41. The van der Waals surface area contributed by atoms with Crippen molar-refractivity contribution in [2.24, 2.45) is 7.05 Å². The Kier molecular flexibility index (Phi) is 2.52. The zero-order valence-corrected chi connectivity index (χ0v) is 10.5. The summed E-state index contributed by atoms with van der Waals surface area (Å²) < 4.78 is 15.1. The van der Waals surface area contributed by atoms with E-state index >= 15 is 0 Å². The zero-order chi connectivity index (χ0) is 12.7. The van der Waals surface area contributed by atoms with E-state index in [1.165, 1.54) is 23.5 Å². The van der Waals surface area contributed by atoms with E-state index in [1.807, 2.05) is 17.0 Å². The van der Waals surface area contributed by atoms with Gasteiger partial charge >= 0.3 is 0 Å². The molecule has 0 spiro atoms. The fourth-order valence-electron chi connectivity index (χ4n) is 1.94. The van der Waals surface area contributed by atoms with E-state index < -0.39 is 0 Å². The third kappa shape index (κ3) is 1.84. The molecule has 0 fully saturated rings. The van der Waals surface area contributed by atoms with Crippen molar-refractivity contribution in [3.63, 3.8) is 0 Å². The first-order valence-electron chi connectivity index (χ1n) is 5.44. The Labute approximate surface area is 107 Å². The first-order chi connectivity index (χ1) is 8.63. The molecule has 2 aromatic heterocycles. The number of aryl methyl sites for hydroxylation is 1. The molecule has 0 saturated heterocycles. The molecular weight excluding hydrogens is 251 g/mol. The number of benzene rings is 1. The molecule has 1 aromatic carbocycles. The molecule has 0 radical (unpaired) electrons. The lowest BCUT2D eigenvalue weighted by Crippen LogP contribution is -1.99. The van der Waals surface area contributed by atoms with Crippen molar-refractivity contribution in [3.8, 4) is 0 Å². The number of anilines is 1. The molecule has 2 heterocycles. The summed E-state index contributed by atoms with van der Waals surface area (Å²) in [5.41, 5.74) is 8.06. The number of hydrogen-bond donors (Lipinski definition) is 1. The van der Waals surface area contributed by atoms with Gasteiger partial charge in [-0.2, -0.15) is 0 Å². The van der Waals surface area contributed by atoms with E-state index in [0.29, 0.717) is 11.6 Å². The van der Waals surface area contributed by atoms with Crippen LogP contribution in [0.25, 0.3) is 11.0 Å². The predicted octanol–water partition coefficient (Wildman–Crippen LogP) is 2.34. The number of nitrogen functional groups attached to an aromatic ring is 1.